The summed E-state index contributed by atoms with van der Waals surface area (Å²) in [6.07, 6.45) is 4.55. The Kier molecular flexibility index (Phi) is 3.60. The predicted molar refractivity (Wildman–Crippen MR) is 94.3 cm³/mol. The Labute approximate surface area is 140 Å². The highest BCUT2D eigenvalue weighted by atomic mass is 32.1. The fourth-order valence-electron chi connectivity index (χ4n) is 4.06. The lowest BCUT2D eigenvalue weighted by atomic mass is 9.67. The standard InChI is InChI=1S/C18H21N3OS/c1-2-21-15-6-4-3-5-14(15)18(13-16(21)22)7-10-20(11-8-18)17-19-9-12-23-17/h3-6,9,12H,2,7-8,10-11,13H2,1H3. The van der Waals surface area contributed by atoms with E-state index in [0.29, 0.717) is 6.42 Å². The Hall–Kier alpha value is -1.88. The van der Waals surface area contributed by atoms with Crippen molar-refractivity contribution in [2.45, 2.75) is 31.6 Å². The van der Waals surface area contributed by atoms with Crippen LogP contribution in [0.2, 0.25) is 0 Å². The van der Waals surface area contributed by atoms with Crippen molar-refractivity contribution in [1.82, 2.24) is 4.98 Å². The minimum absolute atomic E-state index is 0.00705. The maximum absolute atomic E-state index is 12.7. The molecule has 5 heteroatoms. The molecule has 1 amide bonds. The van der Waals surface area contributed by atoms with E-state index in [-0.39, 0.29) is 11.3 Å². The molecule has 1 aromatic carbocycles. The lowest BCUT2D eigenvalue weighted by Gasteiger charge is -2.47. The number of thiazole rings is 1. The highest BCUT2D eigenvalue weighted by molar-refractivity contribution is 7.13. The zero-order chi connectivity index (χ0) is 15.9. The summed E-state index contributed by atoms with van der Waals surface area (Å²) in [6, 6.07) is 8.48. The van der Waals surface area contributed by atoms with E-state index in [0.717, 1.165) is 43.3 Å². The molecule has 4 rings (SSSR count). The van der Waals surface area contributed by atoms with Gasteiger partial charge in [-0.25, -0.2) is 4.98 Å². The van der Waals surface area contributed by atoms with Crippen LogP contribution in [0.25, 0.3) is 0 Å². The number of para-hydroxylation sites is 1. The summed E-state index contributed by atoms with van der Waals surface area (Å²) in [6.45, 7) is 4.75. The summed E-state index contributed by atoms with van der Waals surface area (Å²) in [4.78, 5) is 21.4. The van der Waals surface area contributed by atoms with Crippen molar-refractivity contribution in [2.24, 2.45) is 0 Å². The molecule has 2 aromatic rings. The summed E-state index contributed by atoms with van der Waals surface area (Å²) in [5.74, 6) is 0.272. The number of anilines is 2. The molecular formula is C18H21N3OS. The van der Waals surface area contributed by atoms with E-state index in [9.17, 15) is 4.79 Å². The third-order valence-corrected chi connectivity index (χ3v) is 6.12. The van der Waals surface area contributed by atoms with Gasteiger partial charge in [-0.05, 0) is 31.4 Å². The van der Waals surface area contributed by atoms with E-state index < -0.39 is 0 Å². The molecule has 2 aliphatic heterocycles. The van der Waals surface area contributed by atoms with Crippen LogP contribution in [0.1, 0.15) is 31.7 Å². The van der Waals surface area contributed by atoms with Gasteiger partial charge in [0.05, 0.1) is 0 Å². The maximum atomic E-state index is 12.7. The molecule has 1 saturated heterocycles. The minimum atomic E-state index is 0.00705. The Bertz CT molecular complexity index is 705. The average molecular weight is 327 g/mol. The molecule has 1 spiro atoms. The fraction of sp³-hybridized carbons (Fsp3) is 0.444. The van der Waals surface area contributed by atoms with Gasteiger partial charge in [0, 0.05) is 48.7 Å². The lowest BCUT2D eigenvalue weighted by molar-refractivity contribution is -0.120. The van der Waals surface area contributed by atoms with Crippen LogP contribution in [-0.2, 0) is 10.2 Å². The van der Waals surface area contributed by atoms with Crippen LogP contribution in [0.4, 0.5) is 10.8 Å². The van der Waals surface area contributed by atoms with Gasteiger partial charge in [-0.3, -0.25) is 4.79 Å². The molecule has 3 heterocycles. The normalized spacial score (nSPS) is 20.0. The van der Waals surface area contributed by atoms with Crippen molar-refractivity contribution in [3.8, 4) is 0 Å². The highest BCUT2D eigenvalue weighted by Gasteiger charge is 2.44. The van der Waals surface area contributed by atoms with Crippen molar-refractivity contribution >= 4 is 28.1 Å². The van der Waals surface area contributed by atoms with Crippen LogP contribution < -0.4 is 9.80 Å². The Balaban J connectivity index is 1.65. The van der Waals surface area contributed by atoms with E-state index in [2.05, 4.69) is 35.0 Å². The smallest absolute Gasteiger partial charge is 0.227 e. The molecule has 0 N–H and O–H groups in total. The quantitative estimate of drug-likeness (QED) is 0.848. The Morgan fingerprint density at radius 2 is 2.04 bits per heavy atom. The minimum Gasteiger partial charge on any atom is -0.348 e. The van der Waals surface area contributed by atoms with Gasteiger partial charge in [0.2, 0.25) is 5.91 Å². The second-order valence-electron chi connectivity index (χ2n) is 6.41. The molecule has 2 aliphatic rings. The Morgan fingerprint density at radius 1 is 1.26 bits per heavy atom. The first-order valence-electron chi connectivity index (χ1n) is 8.28. The summed E-state index contributed by atoms with van der Waals surface area (Å²) >= 11 is 1.69. The van der Waals surface area contributed by atoms with E-state index in [1.54, 1.807) is 11.3 Å². The van der Waals surface area contributed by atoms with Crippen LogP contribution in [0.3, 0.4) is 0 Å². The zero-order valence-electron chi connectivity index (χ0n) is 13.4. The number of carbonyl (C=O) groups excluding carboxylic acids is 1. The van der Waals surface area contributed by atoms with E-state index in [1.165, 1.54) is 5.56 Å². The molecule has 0 unspecified atom stereocenters. The Morgan fingerprint density at radius 3 is 2.74 bits per heavy atom. The number of carbonyl (C=O) groups is 1. The maximum Gasteiger partial charge on any atom is 0.227 e. The van der Waals surface area contributed by atoms with Gasteiger partial charge in [-0.1, -0.05) is 18.2 Å². The first kappa shape index (κ1) is 14.7. The molecule has 0 radical (unpaired) electrons. The molecule has 23 heavy (non-hydrogen) atoms. The number of aromatic nitrogens is 1. The molecule has 0 aliphatic carbocycles. The highest BCUT2D eigenvalue weighted by Crippen LogP contribution is 2.47. The van der Waals surface area contributed by atoms with E-state index in [4.69, 9.17) is 0 Å². The van der Waals surface area contributed by atoms with Gasteiger partial charge in [-0.15, -0.1) is 11.3 Å². The summed E-state index contributed by atoms with van der Waals surface area (Å²) in [5.41, 5.74) is 2.49. The molecular weight excluding hydrogens is 306 g/mol. The van der Waals surface area contributed by atoms with E-state index >= 15 is 0 Å². The number of benzene rings is 1. The molecule has 0 atom stereocenters. The number of hydrogen-bond acceptors (Lipinski definition) is 4. The van der Waals surface area contributed by atoms with Crippen LogP contribution in [0.15, 0.2) is 35.8 Å². The van der Waals surface area contributed by atoms with Crippen molar-refractivity contribution in [2.75, 3.05) is 29.4 Å². The molecule has 1 fully saturated rings. The van der Waals surface area contributed by atoms with Crippen molar-refractivity contribution in [3.63, 3.8) is 0 Å². The van der Waals surface area contributed by atoms with Crippen molar-refractivity contribution in [3.05, 3.63) is 41.4 Å². The van der Waals surface area contributed by atoms with Crippen LogP contribution in [0, 0.1) is 0 Å². The van der Waals surface area contributed by atoms with Crippen molar-refractivity contribution in [1.29, 1.82) is 0 Å². The van der Waals surface area contributed by atoms with Crippen LogP contribution in [0.5, 0.6) is 0 Å². The van der Waals surface area contributed by atoms with Gasteiger partial charge < -0.3 is 9.80 Å². The number of fused-ring (bicyclic) bond motifs is 2. The monoisotopic (exact) mass is 327 g/mol. The molecule has 0 bridgehead atoms. The molecule has 0 saturated carbocycles. The summed E-state index contributed by atoms with van der Waals surface area (Å²) in [7, 11) is 0. The largest absolute Gasteiger partial charge is 0.348 e. The first-order chi connectivity index (χ1) is 11.2. The second kappa shape index (κ2) is 5.64. The van der Waals surface area contributed by atoms with Gasteiger partial charge in [0.25, 0.3) is 0 Å². The number of piperidine rings is 1. The fourth-order valence-corrected chi connectivity index (χ4v) is 4.76. The van der Waals surface area contributed by atoms with Gasteiger partial charge in [0.1, 0.15) is 0 Å². The third-order valence-electron chi connectivity index (χ3n) is 5.28. The lowest BCUT2D eigenvalue weighted by Crippen LogP contribution is -2.50. The summed E-state index contributed by atoms with van der Waals surface area (Å²) < 4.78 is 0. The third kappa shape index (κ3) is 2.34. The summed E-state index contributed by atoms with van der Waals surface area (Å²) in [5, 5.41) is 3.13. The van der Waals surface area contributed by atoms with E-state index in [1.807, 2.05) is 22.5 Å². The predicted octanol–water partition coefficient (Wildman–Crippen LogP) is 3.44. The van der Waals surface area contributed by atoms with Gasteiger partial charge >= 0.3 is 0 Å². The molecule has 1 aromatic heterocycles. The van der Waals surface area contributed by atoms with Crippen LogP contribution in [-0.4, -0.2) is 30.5 Å². The average Bonchev–Trinajstić information content (AvgIpc) is 3.10. The number of amides is 1. The number of hydrogen-bond donors (Lipinski definition) is 0. The second-order valence-corrected chi connectivity index (χ2v) is 7.29. The number of rotatable bonds is 2. The van der Waals surface area contributed by atoms with Gasteiger partial charge in [-0.2, -0.15) is 0 Å². The molecule has 120 valence electrons. The van der Waals surface area contributed by atoms with Crippen LogP contribution >= 0.6 is 11.3 Å². The van der Waals surface area contributed by atoms with Gasteiger partial charge in [0.15, 0.2) is 5.13 Å². The molecule has 4 nitrogen and oxygen atoms in total. The first-order valence-corrected chi connectivity index (χ1v) is 9.16. The topological polar surface area (TPSA) is 36.4 Å². The SMILES string of the molecule is CCN1C(=O)CC2(CCN(c3nccs3)CC2)c2ccccc21. The number of nitrogens with zero attached hydrogens (tertiary/aromatic N) is 3. The van der Waals surface area contributed by atoms with Crippen molar-refractivity contribution < 1.29 is 4.79 Å². The zero-order valence-corrected chi connectivity index (χ0v) is 14.2.